The molecule has 2 atom stereocenters. The fourth-order valence-electron chi connectivity index (χ4n) is 3.70. The predicted octanol–water partition coefficient (Wildman–Crippen LogP) is 3.93. The van der Waals surface area contributed by atoms with Crippen molar-refractivity contribution in [3.05, 3.63) is 71.3 Å². The molecule has 0 spiro atoms. The molecule has 0 radical (unpaired) electrons. The zero-order chi connectivity index (χ0) is 21.7. The minimum atomic E-state index is -4.43. The molecule has 4 nitrogen and oxygen atoms in total. The average Bonchev–Trinajstić information content (AvgIpc) is 3.18. The summed E-state index contributed by atoms with van der Waals surface area (Å²) in [5.74, 6) is -1.09. The summed E-state index contributed by atoms with van der Waals surface area (Å²) in [6, 6.07) is 14.7. The van der Waals surface area contributed by atoms with Crippen LogP contribution in [0.2, 0.25) is 0 Å². The lowest BCUT2D eigenvalue weighted by Crippen LogP contribution is -2.39. The van der Waals surface area contributed by atoms with Gasteiger partial charge in [0.25, 0.3) is 0 Å². The van der Waals surface area contributed by atoms with E-state index in [1.165, 1.54) is 6.07 Å². The molecule has 0 saturated carbocycles. The smallest absolute Gasteiger partial charge is 0.363 e. The van der Waals surface area contributed by atoms with Gasteiger partial charge in [0.05, 0.1) is 11.5 Å². The second-order valence-corrected chi connectivity index (χ2v) is 7.67. The Morgan fingerprint density at radius 2 is 1.83 bits per heavy atom. The van der Waals surface area contributed by atoms with Crippen LogP contribution < -0.4 is 10.6 Å². The summed E-state index contributed by atoms with van der Waals surface area (Å²) in [5.41, 5.74) is 0.738. The van der Waals surface area contributed by atoms with Crippen LogP contribution in [0.4, 0.5) is 13.2 Å². The number of rotatable bonds is 5. The van der Waals surface area contributed by atoms with Gasteiger partial charge in [0.2, 0.25) is 5.91 Å². The van der Waals surface area contributed by atoms with E-state index < -0.39 is 17.7 Å². The molecule has 0 aliphatic carbocycles. The summed E-state index contributed by atoms with van der Waals surface area (Å²) in [6.07, 6.45) is -4.43. The first-order valence-corrected chi connectivity index (χ1v) is 10.2. The van der Waals surface area contributed by atoms with Crippen molar-refractivity contribution in [1.29, 1.82) is 0 Å². The summed E-state index contributed by atoms with van der Waals surface area (Å²) in [4.78, 5) is 14.8. The minimum Gasteiger partial charge on any atom is -0.363 e. The molecule has 2 aromatic carbocycles. The van der Waals surface area contributed by atoms with Gasteiger partial charge in [-0.1, -0.05) is 48.5 Å². The Labute approximate surface area is 179 Å². The highest BCUT2D eigenvalue weighted by atomic mass is 32.1. The third-order valence-electron chi connectivity index (χ3n) is 5.22. The van der Waals surface area contributed by atoms with Gasteiger partial charge in [-0.25, -0.2) is 0 Å². The second-order valence-electron chi connectivity index (χ2n) is 7.28. The number of alkyl halides is 3. The van der Waals surface area contributed by atoms with Crippen LogP contribution in [0.1, 0.15) is 29.5 Å². The molecule has 1 fully saturated rings. The summed E-state index contributed by atoms with van der Waals surface area (Å²) >= 11 is 5.38. The van der Waals surface area contributed by atoms with E-state index in [1.807, 2.05) is 42.2 Å². The van der Waals surface area contributed by atoms with Crippen LogP contribution in [0.5, 0.6) is 0 Å². The average molecular weight is 436 g/mol. The number of halogens is 3. The third-order valence-corrected chi connectivity index (χ3v) is 5.63. The number of carbonyl (C=O) groups is 1. The molecule has 0 bridgehead atoms. The Kier molecular flexibility index (Phi) is 6.97. The molecule has 160 valence electrons. The zero-order valence-corrected chi connectivity index (χ0v) is 17.4. The zero-order valence-electron chi connectivity index (χ0n) is 16.6. The van der Waals surface area contributed by atoms with Crippen molar-refractivity contribution in [1.82, 2.24) is 15.5 Å². The Morgan fingerprint density at radius 1 is 1.10 bits per heavy atom. The van der Waals surface area contributed by atoms with Crippen LogP contribution in [-0.4, -0.2) is 35.6 Å². The molecule has 1 heterocycles. The summed E-state index contributed by atoms with van der Waals surface area (Å²) in [7, 11) is 0. The normalized spacial score (nSPS) is 18.9. The second kappa shape index (κ2) is 9.47. The van der Waals surface area contributed by atoms with Gasteiger partial charge in [-0.15, -0.1) is 0 Å². The quantitative estimate of drug-likeness (QED) is 0.699. The molecule has 1 aliphatic rings. The van der Waals surface area contributed by atoms with Gasteiger partial charge >= 0.3 is 6.18 Å². The number of benzene rings is 2. The molecule has 2 N–H and O–H groups in total. The van der Waals surface area contributed by atoms with E-state index in [0.717, 1.165) is 17.7 Å². The van der Waals surface area contributed by atoms with E-state index >= 15 is 0 Å². The van der Waals surface area contributed by atoms with Gasteiger partial charge in [0, 0.05) is 32.1 Å². The maximum Gasteiger partial charge on any atom is 0.416 e. The SMILES string of the molecule is CCNC(=S)N1CC(C(=O)NCc2ccccc2)C(c2cccc(C(F)(F)F)c2)C1. The monoisotopic (exact) mass is 435 g/mol. The van der Waals surface area contributed by atoms with Crippen molar-refractivity contribution >= 4 is 23.2 Å². The Balaban J connectivity index is 1.82. The van der Waals surface area contributed by atoms with E-state index in [0.29, 0.717) is 36.9 Å². The predicted molar refractivity (Wildman–Crippen MR) is 114 cm³/mol. The molecule has 30 heavy (non-hydrogen) atoms. The van der Waals surface area contributed by atoms with Crippen molar-refractivity contribution in [2.45, 2.75) is 25.6 Å². The molecular weight excluding hydrogens is 411 g/mol. The van der Waals surface area contributed by atoms with Gasteiger partial charge in [0.1, 0.15) is 0 Å². The number of thiocarbonyl (C=S) groups is 1. The first-order chi connectivity index (χ1) is 14.3. The van der Waals surface area contributed by atoms with Crippen LogP contribution >= 0.6 is 12.2 Å². The molecule has 1 saturated heterocycles. The summed E-state index contributed by atoms with van der Waals surface area (Å²) in [6.45, 7) is 3.65. The third kappa shape index (κ3) is 5.30. The number of likely N-dealkylation sites (tertiary alicyclic amines) is 1. The maximum absolute atomic E-state index is 13.2. The van der Waals surface area contributed by atoms with E-state index in [-0.39, 0.29) is 11.8 Å². The highest BCUT2D eigenvalue weighted by Crippen LogP contribution is 2.36. The molecule has 1 amide bonds. The number of carbonyl (C=O) groups excluding carboxylic acids is 1. The fraction of sp³-hybridized carbons (Fsp3) is 0.364. The lowest BCUT2D eigenvalue weighted by molar-refractivity contribution is -0.137. The topological polar surface area (TPSA) is 44.4 Å². The molecule has 3 rings (SSSR count). The number of nitrogens with zero attached hydrogens (tertiary/aromatic N) is 1. The Hall–Kier alpha value is -2.61. The highest BCUT2D eigenvalue weighted by Gasteiger charge is 2.40. The highest BCUT2D eigenvalue weighted by molar-refractivity contribution is 7.80. The first kappa shape index (κ1) is 22.1. The van der Waals surface area contributed by atoms with Gasteiger partial charge in [-0.3, -0.25) is 4.79 Å². The Morgan fingerprint density at radius 3 is 2.50 bits per heavy atom. The summed E-state index contributed by atoms with van der Waals surface area (Å²) in [5, 5.41) is 6.49. The van der Waals surface area contributed by atoms with Crippen LogP contribution in [-0.2, 0) is 17.5 Å². The molecule has 1 aliphatic heterocycles. The molecule has 2 unspecified atom stereocenters. The number of hydrogen-bond acceptors (Lipinski definition) is 2. The lowest BCUT2D eigenvalue weighted by atomic mass is 9.87. The van der Waals surface area contributed by atoms with E-state index in [1.54, 1.807) is 6.07 Å². The molecule has 0 aromatic heterocycles. The van der Waals surface area contributed by atoms with Crippen LogP contribution in [0.15, 0.2) is 54.6 Å². The molecular formula is C22H24F3N3OS. The van der Waals surface area contributed by atoms with Gasteiger partial charge in [-0.2, -0.15) is 13.2 Å². The van der Waals surface area contributed by atoms with Crippen molar-refractivity contribution in [3.63, 3.8) is 0 Å². The van der Waals surface area contributed by atoms with Crippen molar-refractivity contribution in [2.24, 2.45) is 5.92 Å². The van der Waals surface area contributed by atoms with Crippen LogP contribution in [0.3, 0.4) is 0 Å². The Bertz CT molecular complexity index is 889. The number of nitrogens with one attached hydrogen (secondary N) is 2. The van der Waals surface area contributed by atoms with Crippen molar-refractivity contribution in [3.8, 4) is 0 Å². The number of amides is 1. The van der Waals surface area contributed by atoms with Crippen molar-refractivity contribution in [2.75, 3.05) is 19.6 Å². The maximum atomic E-state index is 13.2. The molecule has 8 heteroatoms. The van der Waals surface area contributed by atoms with Gasteiger partial charge < -0.3 is 15.5 Å². The minimum absolute atomic E-state index is 0.192. The lowest BCUT2D eigenvalue weighted by Gasteiger charge is -2.20. The van der Waals surface area contributed by atoms with Crippen LogP contribution in [0, 0.1) is 5.92 Å². The van der Waals surface area contributed by atoms with Crippen molar-refractivity contribution < 1.29 is 18.0 Å². The van der Waals surface area contributed by atoms with E-state index in [4.69, 9.17) is 12.2 Å². The largest absolute Gasteiger partial charge is 0.416 e. The van der Waals surface area contributed by atoms with Crippen LogP contribution in [0.25, 0.3) is 0 Å². The van der Waals surface area contributed by atoms with E-state index in [2.05, 4.69) is 10.6 Å². The first-order valence-electron chi connectivity index (χ1n) is 9.81. The molecule has 2 aromatic rings. The summed E-state index contributed by atoms with van der Waals surface area (Å²) < 4.78 is 39.6. The van der Waals surface area contributed by atoms with Gasteiger partial charge in [-0.05, 0) is 36.3 Å². The fourth-order valence-corrected chi connectivity index (χ4v) is 3.99. The van der Waals surface area contributed by atoms with E-state index in [9.17, 15) is 18.0 Å². The standard InChI is InChI=1S/C22H24F3N3OS/c1-2-26-21(30)28-13-18(16-9-6-10-17(11-16)22(23,24)25)19(14-28)20(29)27-12-15-7-4-3-5-8-15/h3-11,18-19H,2,12-14H2,1H3,(H,26,30)(H,27,29). The van der Waals surface area contributed by atoms with Gasteiger partial charge in [0.15, 0.2) is 5.11 Å². The number of hydrogen-bond donors (Lipinski definition) is 2.